The Bertz CT molecular complexity index is 1630. The highest BCUT2D eigenvalue weighted by Gasteiger charge is 2.31. The van der Waals surface area contributed by atoms with E-state index in [2.05, 4.69) is 15.9 Å². The Labute approximate surface area is 247 Å². The third kappa shape index (κ3) is 5.31. The molecule has 0 aliphatic carbocycles. The number of aliphatic hydroxyl groups excluding tert-OH is 1. The molecular weight excluding hydrogens is 557 g/mol. The molecule has 218 valence electrons. The van der Waals surface area contributed by atoms with Gasteiger partial charge in [-0.3, -0.25) is 9.69 Å². The van der Waals surface area contributed by atoms with Gasteiger partial charge in [-0.1, -0.05) is 18.3 Å². The second kappa shape index (κ2) is 11.7. The number of thiazole rings is 1. The van der Waals surface area contributed by atoms with Gasteiger partial charge in [-0.2, -0.15) is 5.26 Å². The summed E-state index contributed by atoms with van der Waals surface area (Å²) >= 11 is 1.29. The first-order valence-electron chi connectivity index (χ1n) is 14.2. The van der Waals surface area contributed by atoms with Crippen molar-refractivity contribution < 1.29 is 18.7 Å². The Morgan fingerprint density at radius 3 is 2.52 bits per heavy atom. The smallest absolute Gasteiger partial charge is 0.236 e. The number of pyridine rings is 1. The summed E-state index contributed by atoms with van der Waals surface area (Å²) in [4.78, 5) is 30.9. The van der Waals surface area contributed by atoms with Gasteiger partial charge in [-0.15, -0.1) is 0 Å². The normalized spacial score (nSPS) is 16.1. The van der Waals surface area contributed by atoms with E-state index in [0.29, 0.717) is 59.4 Å². The molecule has 10 nitrogen and oxygen atoms in total. The van der Waals surface area contributed by atoms with Gasteiger partial charge in [0, 0.05) is 57.8 Å². The van der Waals surface area contributed by atoms with E-state index in [-0.39, 0.29) is 11.7 Å². The van der Waals surface area contributed by atoms with Crippen LogP contribution in [0.15, 0.2) is 40.8 Å². The van der Waals surface area contributed by atoms with E-state index in [1.165, 1.54) is 23.5 Å². The van der Waals surface area contributed by atoms with Crippen LogP contribution in [0.5, 0.6) is 0 Å². The molecule has 1 amide bonds. The molecular formula is C30H32FN7O3S. The molecule has 0 radical (unpaired) electrons. The minimum Gasteiger partial charge on any atom is -0.457 e. The summed E-state index contributed by atoms with van der Waals surface area (Å²) in [6.45, 7) is 8.80. The first kappa shape index (κ1) is 28.1. The van der Waals surface area contributed by atoms with Crippen molar-refractivity contribution in [2.24, 2.45) is 0 Å². The second-order valence-corrected chi connectivity index (χ2v) is 11.5. The number of nitrogens with zero attached hydrogens (tertiary/aromatic N) is 7. The Balaban J connectivity index is 1.26. The van der Waals surface area contributed by atoms with E-state index >= 15 is 0 Å². The molecule has 0 bridgehead atoms. The molecule has 4 aromatic rings. The zero-order valence-electron chi connectivity index (χ0n) is 23.6. The zero-order chi connectivity index (χ0) is 29.4. The highest BCUT2D eigenvalue weighted by Crippen LogP contribution is 2.41. The maximum absolute atomic E-state index is 13.5. The van der Waals surface area contributed by atoms with Crippen molar-refractivity contribution >= 4 is 45.0 Å². The average Bonchev–Trinajstić information content (AvgIpc) is 3.58. The quantitative estimate of drug-likeness (QED) is 0.326. The number of halogens is 1. The topological polar surface area (TPSA) is 113 Å². The lowest BCUT2D eigenvalue weighted by atomic mass is 10.1. The van der Waals surface area contributed by atoms with Gasteiger partial charge in [0.15, 0.2) is 10.7 Å². The lowest BCUT2D eigenvalue weighted by Gasteiger charge is -2.39. The minimum absolute atomic E-state index is 0.0624. The Kier molecular flexibility index (Phi) is 7.81. The minimum atomic E-state index is -0.391. The summed E-state index contributed by atoms with van der Waals surface area (Å²) in [5.74, 6) is 1.34. The fourth-order valence-corrected chi connectivity index (χ4v) is 6.43. The number of fused-ring (bicyclic) bond motifs is 1. The number of β-amino-alcohol motifs (C(OH)–C–C–N with tert-alkyl or cyclic N) is 1. The number of carbonyl (C=O) groups is 1. The van der Waals surface area contributed by atoms with E-state index in [0.717, 1.165) is 49.0 Å². The van der Waals surface area contributed by atoms with Crippen molar-refractivity contribution in [3.63, 3.8) is 0 Å². The average molecular weight is 590 g/mol. The van der Waals surface area contributed by atoms with Crippen LogP contribution in [0.2, 0.25) is 0 Å². The molecule has 2 aliphatic heterocycles. The Morgan fingerprint density at radius 2 is 1.88 bits per heavy atom. The molecule has 2 fully saturated rings. The molecule has 1 aromatic carbocycles. The third-order valence-corrected chi connectivity index (χ3v) is 8.79. The Hall–Kier alpha value is -4.05. The number of amides is 1. The van der Waals surface area contributed by atoms with Gasteiger partial charge in [-0.05, 0) is 43.3 Å². The number of furan rings is 1. The van der Waals surface area contributed by atoms with Crippen molar-refractivity contribution in [3.05, 3.63) is 52.9 Å². The predicted octanol–water partition coefficient (Wildman–Crippen LogP) is 4.01. The van der Waals surface area contributed by atoms with Crippen molar-refractivity contribution in [1.82, 2.24) is 19.8 Å². The van der Waals surface area contributed by atoms with Crippen LogP contribution in [-0.2, 0) is 11.2 Å². The van der Waals surface area contributed by atoms with Crippen LogP contribution < -0.4 is 9.80 Å². The zero-order valence-corrected chi connectivity index (χ0v) is 24.4. The van der Waals surface area contributed by atoms with Crippen LogP contribution in [0.1, 0.15) is 24.5 Å². The van der Waals surface area contributed by atoms with Gasteiger partial charge in [-0.25, -0.2) is 14.4 Å². The maximum atomic E-state index is 13.5. The number of piperazine rings is 1. The summed E-state index contributed by atoms with van der Waals surface area (Å²) in [6.07, 6.45) is 0.261. The van der Waals surface area contributed by atoms with E-state index < -0.39 is 6.10 Å². The molecule has 12 heteroatoms. The fraction of sp³-hybridized carbons (Fsp3) is 0.400. The number of rotatable bonds is 8. The lowest BCUT2D eigenvalue weighted by Crippen LogP contribution is -2.57. The summed E-state index contributed by atoms with van der Waals surface area (Å²) in [7, 11) is 0. The number of hydrogen-bond acceptors (Lipinski definition) is 10. The number of anilines is 3. The number of benzene rings is 1. The number of carbonyl (C=O) groups excluding carboxylic acids is 1. The van der Waals surface area contributed by atoms with Crippen molar-refractivity contribution in [2.45, 2.75) is 26.4 Å². The molecule has 0 saturated carbocycles. The van der Waals surface area contributed by atoms with E-state index in [4.69, 9.17) is 14.4 Å². The van der Waals surface area contributed by atoms with E-state index in [1.54, 1.807) is 17.0 Å². The molecule has 0 spiro atoms. The summed E-state index contributed by atoms with van der Waals surface area (Å²) in [5, 5.41) is 20.0. The highest BCUT2D eigenvalue weighted by molar-refractivity contribution is 7.16. The van der Waals surface area contributed by atoms with E-state index in [9.17, 15) is 19.6 Å². The van der Waals surface area contributed by atoms with Gasteiger partial charge in [0.1, 0.15) is 45.2 Å². The molecule has 2 saturated heterocycles. The summed E-state index contributed by atoms with van der Waals surface area (Å²) in [5.41, 5.74) is 3.46. The third-order valence-electron chi connectivity index (χ3n) is 7.81. The number of aryl methyl sites for hydroxylation is 1. The molecule has 5 heterocycles. The van der Waals surface area contributed by atoms with Crippen molar-refractivity contribution in [1.29, 1.82) is 5.26 Å². The van der Waals surface area contributed by atoms with Gasteiger partial charge in [0.05, 0.1) is 12.6 Å². The van der Waals surface area contributed by atoms with Crippen LogP contribution in [0.3, 0.4) is 0 Å². The van der Waals surface area contributed by atoms with Crippen LogP contribution >= 0.6 is 11.3 Å². The molecule has 2 aliphatic rings. The first-order chi connectivity index (χ1) is 20.4. The van der Waals surface area contributed by atoms with Gasteiger partial charge >= 0.3 is 0 Å². The standard InChI is InChI=1S/C30H32FN7O3S/c1-3-22-29(38(4-2)30-34-27(24(15-32)42-30)19-5-7-20(31)8-6-19)28-23(41-22)9-10-25(33-28)36-13-11-35(12-14-36)18-26(40)37-16-21(39)17-37/h5-10,21,39H,3-4,11-14,16-18H2,1-2H3. The molecule has 0 atom stereocenters. The molecule has 42 heavy (non-hydrogen) atoms. The van der Waals surface area contributed by atoms with Gasteiger partial charge in [0.2, 0.25) is 5.91 Å². The maximum Gasteiger partial charge on any atom is 0.236 e. The largest absolute Gasteiger partial charge is 0.457 e. The van der Waals surface area contributed by atoms with Crippen LogP contribution in [0, 0.1) is 17.1 Å². The molecule has 6 rings (SSSR count). The monoisotopic (exact) mass is 589 g/mol. The van der Waals surface area contributed by atoms with Crippen molar-refractivity contribution in [3.8, 4) is 17.3 Å². The van der Waals surface area contributed by atoms with Gasteiger partial charge in [0.25, 0.3) is 0 Å². The first-order valence-corrected chi connectivity index (χ1v) is 15.0. The SMILES string of the molecule is CCc1oc2ccc(N3CCN(CC(=O)N4CC(O)C4)CC3)nc2c1N(CC)c1nc(-c2ccc(F)cc2)c(C#N)s1. The van der Waals surface area contributed by atoms with Crippen LogP contribution in [0.4, 0.5) is 21.0 Å². The number of nitriles is 1. The summed E-state index contributed by atoms with van der Waals surface area (Å²) < 4.78 is 19.8. The number of likely N-dealkylation sites (tertiary alicyclic amines) is 1. The highest BCUT2D eigenvalue weighted by atomic mass is 32.1. The van der Waals surface area contributed by atoms with E-state index in [1.807, 2.05) is 30.9 Å². The molecule has 0 unspecified atom stereocenters. The fourth-order valence-electron chi connectivity index (χ4n) is 5.47. The number of aromatic nitrogens is 2. The molecule has 1 N–H and O–H groups in total. The van der Waals surface area contributed by atoms with Crippen molar-refractivity contribution in [2.75, 3.05) is 62.2 Å². The lowest BCUT2D eigenvalue weighted by molar-refractivity contribution is -0.142. The molecule has 3 aromatic heterocycles. The predicted molar refractivity (Wildman–Crippen MR) is 160 cm³/mol. The summed E-state index contributed by atoms with van der Waals surface area (Å²) in [6, 6.07) is 12.2. The van der Waals surface area contributed by atoms with Crippen LogP contribution in [-0.4, -0.2) is 89.2 Å². The second-order valence-electron chi connectivity index (χ2n) is 10.5. The van der Waals surface area contributed by atoms with Crippen LogP contribution in [0.25, 0.3) is 22.4 Å². The van der Waals surface area contributed by atoms with Gasteiger partial charge < -0.3 is 24.2 Å². The Morgan fingerprint density at radius 1 is 1.14 bits per heavy atom. The number of aliphatic hydroxyl groups is 1. The number of hydrogen-bond donors (Lipinski definition) is 1.